The van der Waals surface area contributed by atoms with Gasteiger partial charge in [-0.25, -0.2) is 0 Å². The topological polar surface area (TPSA) is 69.0 Å². The molecule has 0 aliphatic heterocycles. The van der Waals surface area contributed by atoms with Gasteiger partial charge in [-0.05, 0) is 47.9 Å². The van der Waals surface area contributed by atoms with E-state index in [2.05, 4.69) is 49.6 Å². The van der Waals surface area contributed by atoms with Gasteiger partial charge in [0.05, 0.1) is 18.4 Å². The molecule has 0 atom stereocenters. The molecule has 0 bridgehead atoms. The summed E-state index contributed by atoms with van der Waals surface area (Å²) >= 11 is 3.40. The molecular weight excluding hydrogens is 456 g/mol. The summed E-state index contributed by atoms with van der Waals surface area (Å²) in [4.78, 5) is 14.4. The lowest BCUT2D eigenvalue weighted by Gasteiger charge is -2.09. The highest BCUT2D eigenvalue weighted by atomic mass is 79.9. The van der Waals surface area contributed by atoms with Gasteiger partial charge in [0.15, 0.2) is 0 Å². The number of benzene rings is 4. The van der Waals surface area contributed by atoms with E-state index >= 15 is 0 Å². The van der Waals surface area contributed by atoms with Gasteiger partial charge in [-0.2, -0.15) is 0 Å². The number of nitrogens with zero attached hydrogens (tertiary/aromatic N) is 3. The third kappa shape index (κ3) is 3.64. The number of methoxy groups -OCH3 is 1. The summed E-state index contributed by atoms with van der Waals surface area (Å²) in [5.74, 6) is 0.239. The monoisotopic (exact) mass is 472 g/mol. The van der Waals surface area contributed by atoms with Crippen molar-refractivity contribution in [3.63, 3.8) is 0 Å². The Hall–Kier alpha value is -3.71. The van der Waals surface area contributed by atoms with Gasteiger partial charge < -0.3 is 10.1 Å². The molecule has 4 aromatic carbocycles. The van der Waals surface area contributed by atoms with E-state index in [4.69, 9.17) is 4.74 Å². The highest BCUT2D eigenvalue weighted by Gasteiger charge is 2.14. The predicted octanol–water partition coefficient (Wildman–Crippen LogP) is 5.60. The number of aromatic nitrogens is 3. The van der Waals surface area contributed by atoms with E-state index in [0.29, 0.717) is 22.5 Å². The minimum Gasteiger partial charge on any atom is -0.496 e. The third-order valence-corrected chi connectivity index (χ3v) is 5.52. The van der Waals surface area contributed by atoms with Gasteiger partial charge >= 0.3 is 0 Å². The normalized spacial score (nSPS) is 11.0. The first-order valence-electron chi connectivity index (χ1n) is 9.62. The smallest absolute Gasteiger partial charge is 0.259 e. The molecule has 0 radical (unpaired) electrons. The summed E-state index contributed by atoms with van der Waals surface area (Å²) in [7, 11) is 1.54. The van der Waals surface area contributed by atoms with E-state index in [0.717, 1.165) is 26.4 Å². The molecule has 5 aromatic rings. The van der Waals surface area contributed by atoms with Crippen LogP contribution in [-0.2, 0) is 0 Å². The molecule has 1 heterocycles. The lowest BCUT2D eigenvalue weighted by atomic mass is 10.1. The number of anilines is 1. The number of halogens is 1. The lowest BCUT2D eigenvalue weighted by Crippen LogP contribution is -2.13. The van der Waals surface area contributed by atoms with Crippen molar-refractivity contribution in [1.29, 1.82) is 0 Å². The maximum atomic E-state index is 12.8. The summed E-state index contributed by atoms with van der Waals surface area (Å²) < 4.78 is 6.11. The Bertz CT molecular complexity index is 1440. The lowest BCUT2D eigenvalue weighted by molar-refractivity contribution is 0.102. The number of hydrogen-bond donors (Lipinski definition) is 1. The molecule has 1 N–H and O–H groups in total. The van der Waals surface area contributed by atoms with Gasteiger partial charge in [0, 0.05) is 15.5 Å². The number of nitrogens with one attached hydrogen (secondary N) is 1. The van der Waals surface area contributed by atoms with Gasteiger partial charge in [-0.15, -0.1) is 15.0 Å². The molecule has 31 heavy (non-hydrogen) atoms. The van der Waals surface area contributed by atoms with E-state index in [9.17, 15) is 4.79 Å². The van der Waals surface area contributed by atoms with Crippen LogP contribution in [0.25, 0.3) is 27.5 Å². The summed E-state index contributed by atoms with van der Waals surface area (Å²) in [6, 6.07) is 24.9. The standard InChI is InChI=1S/C24H17BrN4O2/c1-31-23-12-9-16(25)13-19(23)24(30)26-17-10-11-20-21(14-17)28-29(27-20)22-8-4-6-15-5-2-3-7-18(15)22/h2-14H,1H3,(H,26,30). The average Bonchev–Trinajstić information content (AvgIpc) is 3.22. The maximum absolute atomic E-state index is 12.8. The van der Waals surface area contributed by atoms with E-state index in [-0.39, 0.29) is 5.91 Å². The maximum Gasteiger partial charge on any atom is 0.259 e. The van der Waals surface area contributed by atoms with E-state index in [1.807, 2.05) is 48.5 Å². The summed E-state index contributed by atoms with van der Waals surface area (Å²) in [6.45, 7) is 0. The highest BCUT2D eigenvalue weighted by molar-refractivity contribution is 9.10. The van der Waals surface area contributed by atoms with Crippen LogP contribution < -0.4 is 10.1 Å². The van der Waals surface area contributed by atoms with Crippen LogP contribution >= 0.6 is 15.9 Å². The molecule has 0 fully saturated rings. The number of ether oxygens (including phenoxy) is 1. The Balaban J connectivity index is 1.49. The molecule has 6 nitrogen and oxygen atoms in total. The van der Waals surface area contributed by atoms with Crippen LogP contribution in [0.5, 0.6) is 5.75 Å². The van der Waals surface area contributed by atoms with Crippen molar-refractivity contribution in [1.82, 2.24) is 15.0 Å². The van der Waals surface area contributed by atoms with Crippen LogP contribution in [0.1, 0.15) is 10.4 Å². The number of fused-ring (bicyclic) bond motifs is 2. The van der Waals surface area contributed by atoms with Crippen LogP contribution in [0.2, 0.25) is 0 Å². The number of amides is 1. The van der Waals surface area contributed by atoms with Gasteiger partial charge in [-0.3, -0.25) is 4.79 Å². The van der Waals surface area contributed by atoms with Crippen molar-refractivity contribution in [2.45, 2.75) is 0 Å². The average molecular weight is 473 g/mol. The molecular formula is C24H17BrN4O2. The quantitative estimate of drug-likeness (QED) is 0.369. The fourth-order valence-electron chi connectivity index (χ4n) is 3.54. The molecule has 0 spiro atoms. The molecule has 7 heteroatoms. The highest BCUT2D eigenvalue weighted by Crippen LogP contribution is 2.26. The molecule has 0 unspecified atom stereocenters. The largest absolute Gasteiger partial charge is 0.496 e. The van der Waals surface area contributed by atoms with Crippen LogP contribution in [0, 0.1) is 0 Å². The number of carbonyl (C=O) groups is 1. The van der Waals surface area contributed by atoms with Gasteiger partial charge in [0.1, 0.15) is 16.8 Å². The van der Waals surface area contributed by atoms with Crippen molar-refractivity contribution in [3.8, 4) is 11.4 Å². The Labute approximate surface area is 186 Å². The van der Waals surface area contributed by atoms with Crippen LogP contribution in [0.4, 0.5) is 5.69 Å². The van der Waals surface area contributed by atoms with E-state index in [1.165, 1.54) is 7.11 Å². The molecule has 0 aliphatic carbocycles. The summed E-state index contributed by atoms with van der Waals surface area (Å²) in [5, 5.41) is 14.4. The molecule has 1 aromatic heterocycles. The second-order valence-corrected chi connectivity index (χ2v) is 7.91. The molecule has 1 amide bonds. The van der Waals surface area contributed by atoms with Crippen LogP contribution in [0.3, 0.4) is 0 Å². The Morgan fingerprint density at radius 2 is 1.74 bits per heavy atom. The molecule has 0 saturated carbocycles. The molecule has 5 rings (SSSR count). The van der Waals surface area contributed by atoms with Crippen molar-refractivity contribution in [3.05, 3.63) is 88.9 Å². The minimum absolute atomic E-state index is 0.265. The van der Waals surface area contributed by atoms with Gasteiger partial charge in [-0.1, -0.05) is 52.3 Å². The van der Waals surface area contributed by atoms with Crippen LogP contribution in [-0.4, -0.2) is 28.0 Å². The summed E-state index contributed by atoms with van der Waals surface area (Å²) in [5.41, 5.74) is 3.40. The Morgan fingerprint density at radius 1 is 0.935 bits per heavy atom. The van der Waals surface area contributed by atoms with Gasteiger partial charge in [0.2, 0.25) is 0 Å². The van der Waals surface area contributed by atoms with Crippen molar-refractivity contribution >= 4 is 49.3 Å². The second kappa shape index (κ2) is 7.85. The Kier molecular flexibility index (Phi) is 4.88. The fourth-order valence-corrected chi connectivity index (χ4v) is 3.90. The first-order chi connectivity index (χ1) is 15.1. The fraction of sp³-hybridized carbons (Fsp3) is 0.0417. The van der Waals surface area contributed by atoms with Crippen molar-refractivity contribution in [2.24, 2.45) is 0 Å². The zero-order valence-electron chi connectivity index (χ0n) is 16.5. The van der Waals surface area contributed by atoms with Crippen molar-refractivity contribution < 1.29 is 9.53 Å². The van der Waals surface area contributed by atoms with E-state index in [1.54, 1.807) is 16.9 Å². The molecule has 0 aliphatic rings. The Morgan fingerprint density at radius 3 is 2.61 bits per heavy atom. The van der Waals surface area contributed by atoms with Crippen LogP contribution in [0.15, 0.2) is 83.3 Å². The number of hydrogen-bond acceptors (Lipinski definition) is 4. The molecule has 152 valence electrons. The molecule has 0 saturated heterocycles. The predicted molar refractivity (Wildman–Crippen MR) is 125 cm³/mol. The number of carbonyl (C=O) groups excluding carboxylic acids is 1. The summed E-state index contributed by atoms with van der Waals surface area (Å²) in [6.07, 6.45) is 0. The minimum atomic E-state index is -0.265. The first kappa shape index (κ1) is 19.3. The van der Waals surface area contributed by atoms with Gasteiger partial charge in [0.25, 0.3) is 5.91 Å². The zero-order valence-corrected chi connectivity index (χ0v) is 18.1. The SMILES string of the molecule is COc1ccc(Br)cc1C(=O)Nc1ccc2nn(-c3cccc4ccccc34)nc2c1. The second-order valence-electron chi connectivity index (χ2n) is 6.99. The number of rotatable bonds is 4. The first-order valence-corrected chi connectivity index (χ1v) is 10.4. The van der Waals surface area contributed by atoms with Crippen molar-refractivity contribution in [2.75, 3.05) is 12.4 Å². The zero-order chi connectivity index (χ0) is 21.4. The van der Waals surface area contributed by atoms with E-state index < -0.39 is 0 Å². The third-order valence-electron chi connectivity index (χ3n) is 5.03.